The summed E-state index contributed by atoms with van der Waals surface area (Å²) in [6, 6.07) is 7.39. The van der Waals surface area contributed by atoms with E-state index in [1.807, 2.05) is 38.1 Å². The molecule has 4 nitrogen and oxygen atoms in total. The summed E-state index contributed by atoms with van der Waals surface area (Å²) < 4.78 is 12.2. The van der Waals surface area contributed by atoms with E-state index >= 15 is 0 Å². The van der Waals surface area contributed by atoms with Crippen LogP contribution in [0.5, 0.6) is 11.5 Å². The second-order valence-electron chi connectivity index (χ2n) is 4.45. The molecule has 0 aliphatic heterocycles. The lowest BCUT2D eigenvalue weighted by molar-refractivity contribution is 0.287. The lowest BCUT2D eigenvalue weighted by atomic mass is 10.0. The van der Waals surface area contributed by atoms with Gasteiger partial charge < -0.3 is 15.2 Å². The Bertz CT molecular complexity index is 590. The molecule has 1 unspecified atom stereocenters. The summed E-state index contributed by atoms with van der Waals surface area (Å²) in [5.41, 5.74) is 8.23. The van der Waals surface area contributed by atoms with Gasteiger partial charge in [-0.1, -0.05) is 22.0 Å². The van der Waals surface area contributed by atoms with Crippen LogP contribution in [0.25, 0.3) is 0 Å². The number of hydrogen-bond donors (Lipinski definition) is 1. The summed E-state index contributed by atoms with van der Waals surface area (Å²) in [5, 5.41) is 0. The third-order valence-corrected chi connectivity index (χ3v) is 3.73. The zero-order chi connectivity index (χ0) is 15.2. The Morgan fingerprint density at radius 2 is 1.86 bits per heavy atom. The van der Waals surface area contributed by atoms with Crippen LogP contribution in [0.4, 0.5) is 0 Å². The van der Waals surface area contributed by atoms with Crippen molar-refractivity contribution in [1.29, 1.82) is 0 Å². The van der Waals surface area contributed by atoms with Crippen molar-refractivity contribution >= 4 is 15.9 Å². The molecule has 1 aromatic heterocycles. The molecule has 2 aromatic rings. The van der Waals surface area contributed by atoms with Crippen molar-refractivity contribution in [1.82, 2.24) is 4.98 Å². The van der Waals surface area contributed by atoms with Crippen LogP contribution in [-0.4, -0.2) is 18.2 Å². The minimum absolute atomic E-state index is 0.275. The fourth-order valence-corrected chi connectivity index (χ4v) is 2.63. The molecule has 0 bridgehead atoms. The number of hydrogen-bond acceptors (Lipinski definition) is 4. The molecule has 1 atom stereocenters. The highest BCUT2D eigenvalue weighted by Gasteiger charge is 2.17. The molecule has 0 amide bonds. The Kier molecular flexibility index (Phi) is 5.59. The van der Waals surface area contributed by atoms with Crippen LogP contribution in [0.1, 0.15) is 31.0 Å². The first kappa shape index (κ1) is 15.8. The largest absolute Gasteiger partial charge is 0.490 e. The zero-order valence-electron chi connectivity index (χ0n) is 12.2. The highest BCUT2D eigenvalue weighted by molar-refractivity contribution is 9.10. The molecular weight excluding hydrogens is 332 g/mol. The van der Waals surface area contributed by atoms with Gasteiger partial charge in [0.1, 0.15) is 0 Å². The quantitative estimate of drug-likeness (QED) is 0.862. The van der Waals surface area contributed by atoms with E-state index in [9.17, 15) is 0 Å². The Labute approximate surface area is 133 Å². The van der Waals surface area contributed by atoms with Crippen molar-refractivity contribution < 1.29 is 9.47 Å². The summed E-state index contributed by atoms with van der Waals surface area (Å²) in [6.07, 6.45) is 3.50. The third-order valence-electron chi connectivity index (χ3n) is 3.04. The highest BCUT2D eigenvalue weighted by Crippen LogP contribution is 2.37. The topological polar surface area (TPSA) is 57.4 Å². The first-order chi connectivity index (χ1) is 10.2. The monoisotopic (exact) mass is 350 g/mol. The molecule has 0 fully saturated rings. The maximum atomic E-state index is 6.34. The van der Waals surface area contributed by atoms with Gasteiger partial charge in [0.25, 0.3) is 0 Å². The van der Waals surface area contributed by atoms with Crippen molar-refractivity contribution in [2.45, 2.75) is 19.9 Å². The summed E-state index contributed by atoms with van der Waals surface area (Å²) in [6.45, 7) is 5.04. The second-order valence-corrected chi connectivity index (χ2v) is 5.30. The number of aromatic nitrogens is 1. The van der Waals surface area contributed by atoms with Crippen molar-refractivity contribution in [2.75, 3.05) is 13.2 Å². The van der Waals surface area contributed by atoms with E-state index in [2.05, 4.69) is 20.9 Å². The van der Waals surface area contributed by atoms with E-state index in [0.29, 0.717) is 24.7 Å². The molecular formula is C16H19BrN2O2. The average Bonchev–Trinajstić information content (AvgIpc) is 2.50. The lowest BCUT2D eigenvalue weighted by Crippen LogP contribution is -2.13. The molecule has 1 heterocycles. The molecule has 21 heavy (non-hydrogen) atoms. The minimum Gasteiger partial charge on any atom is -0.490 e. The van der Waals surface area contributed by atoms with E-state index in [0.717, 1.165) is 15.6 Å². The third kappa shape index (κ3) is 3.74. The molecule has 2 rings (SSSR count). The summed E-state index contributed by atoms with van der Waals surface area (Å²) in [4.78, 5) is 4.12. The summed E-state index contributed by atoms with van der Waals surface area (Å²) >= 11 is 3.56. The van der Waals surface area contributed by atoms with E-state index in [1.54, 1.807) is 12.4 Å². The molecule has 2 N–H and O–H groups in total. The zero-order valence-corrected chi connectivity index (χ0v) is 13.8. The molecule has 0 saturated heterocycles. The van der Waals surface area contributed by atoms with Crippen LogP contribution in [0.2, 0.25) is 0 Å². The number of benzene rings is 1. The van der Waals surface area contributed by atoms with Crippen LogP contribution in [0.15, 0.2) is 41.1 Å². The van der Waals surface area contributed by atoms with E-state index in [4.69, 9.17) is 15.2 Å². The smallest absolute Gasteiger partial charge is 0.162 e. The Morgan fingerprint density at radius 3 is 2.43 bits per heavy atom. The van der Waals surface area contributed by atoms with Gasteiger partial charge in [-0.3, -0.25) is 4.98 Å². The molecule has 0 aliphatic rings. The highest BCUT2D eigenvalue weighted by atomic mass is 79.9. The fraction of sp³-hybridized carbons (Fsp3) is 0.312. The van der Waals surface area contributed by atoms with Gasteiger partial charge in [-0.05, 0) is 43.2 Å². The number of halogens is 1. The van der Waals surface area contributed by atoms with E-state index < -0.39 is 0 Å². The summed E-state index contributed by atoms with van der Waals surface area (Å²) in [5.74, 6) is 1.42. The maximum Gasteiger partial charge on any atom is 0.162 e. The molecule has 0 aliphatic carbocycles. The molecule has 5 heteroatoms. The van der Waals surface area contributed by atoms with Gasteiger partial charge in [-0.2, -0.15) is 0 Å². The Morgan fingerprint density at radius 1 is 1.19 bits per heavy atom. The van der Waals surface area contributed by atoms with Crippen molar-refractivity contribution in [3.8, 4) is 11.5 Å². The Balaban J connectivity index is 2.41. The van der Waals surface area contributed by atoms with Gasteiger partial charge in [-0.25, -0.2) is 0 Å². The first-order valence-electron chi connectivity index (χ1n) is 6.91. The number of nitrogens with two attached hydrogens (primary N) is 1. The molecule has 1 aromatic carbocycles. The predicted molar refractivity (Wildman–Crippen MR) is 86.7 cm³/mol. The number of ether oxygens (including phenoxy) is 2. The van der Waals surface area contributed by atoms with Gasteiger partial charge in [0, 0.05) is 16.9 Å². The number of rotatable bonds is 6. The molecule has 0 spiro atoms. The van der Waals surface area contributed by atoms with Crippen LogP contribution in [0, 0.1) is 0 Å². The number of nitrogens with zero attached hydrogens (tertiary/aromatic N) is 1. The van der Waals surface area contributed by atoms with Gasteiger partial charge in [0.05, 0.1) is 19.3 Å². The standard InChI is InChI=1S/C16H19BrN2O2/c1-3-20-14-8-12(13(17)9-15(14)21-4-2)16(18)11-6-5-7-19-10-11/h5-10,16H,3-4,18H2,1-2H3. The van der Waals surface area contributed by atoms with E-state index in [-0.39, 0.29) is 6.04 Å². The second kappa shape index (κ2) is 7.43. The summed E-state index contributed by atoms with van der Waals surface area (Å²) in [7, 11) is 0. The van der Waals surface area contributed by atoms with Crippen LogP contribution in [0.3, 0.4) is 0 Å². The van der Waals surface area contributed by atoms with E-state index in [1.165, 1.54) is 0 Å². The van der Waals surface area contributed by atoms with Gasteiger partial charge in [0.15, 0.2) is 11.5 Å². The first-order valence-corrected chi connectivity index (χ1v) is 7.71. The molecule has 0 saturated carbocycles. The van der Waals surface area contributed by atoms with Crippen molar-refractivity contribution in [3.05, 3.63) is 52.3 Å². The minimum atomic E-state index is -0.275. The van der Waals surface area contributed by atoms with Gasteiger partial charge in [-0.15, -0.1) is 0 Å². The fourth-order valence-electron chi connectivity index (χ4n) is 2.07. The van der Waals surface area contributed by atoms with Gasteiger partial charge in [0.2, 0.25) is 0 Å². The average molecular weight is 351 g/mol. The van der Waals surface area contributed by atoms with Crippen molar-refractivity contribution in [2.24, 2.45) is 5.73 Å². The molecule has 0 radical (unpaired) electrons. The van der Waals surface area contributed by atoms with Crippen LogP contribution in [-0.2, 0) is 0 Å². The lowest BCUT2D eigenvalue weighted by Gasteiger charge is -2.18. The van der Waals surface area contributed by atoms with Crippen LogP contribution < -0.4 is 15.2 Å². The number of pyridine rings is 1. The molecule has 112 valence electrons. The SMILES string of the molecule is CCOc1cc(Br)c(C(N)c2cccnc2)cc1OCC. The van der Waals surface area contributed by atoms with Crippen LogP contribution >= 0.6 is 15.9 Å². The maximum absolute atomic E-state index is 6.34. The predicted octanol–water partition coefficient (Wildman–Crippen LogP) is 3.69. The normalized spacial score (nSPS) is 12.0. The Hall–Kier alpha value is -1.59. The van der Waals surface area contributed by atoms with Crippen molar-refractivity contribution in [3.63, 3.8) is 0 Å². The van der Waals surface area contributed by atoms with Gasteiger partial charge >= 0.3 is 0 Å².